The fourth-order valence-corrected chi connectivity index (χ4v) is 1.28. The molecule has 4 heteroatoms. The van der Waals surface area contributed by atoms with Crippen molar-refractivity contribution in [1.29, 1.82) is 0 Å². The molecular weight excluding hydrogens is 168 g/mol. The van der Waals surface area contributed by atoms with Crippen molar-refractivity contribution in [3.63, 3.8) is 0 Å². The summed E-state index contributed by atoms with van der Waals surface area (Å²) in [4.78, 5) is 4.35. The number of hydrogen-bond acceptors (Lipinski definition) is 4. The molecule has 0 aromatic carbocycles. The summed E-state index contributed by atoms with van der Waals surface area (Å²) in [7, 11) is 0. The van der Waals surface area contributed by atoms with E-state index in [0.717, 1.165) is 25.3 Å². The third-order valence-corrected chi connectivity index (χ3v) is 1.94. The molecule has 76 valence electrons. The molecule has 0 amide bonds. The number of aliphatic hydroxyl groups excluding tert-OH is 1. The smallest absolute Gasteiger partial charge is 0.0963 e. The minimum absolute atomic E-state index is 0.0982. The van der Waals surface area contributed by atoms with Crippen molar-refractivity contribution in [2.45, 2.75) is 19.3 Å². The van der Waals surface area contributed by atoms with Gasteiger partial charge in [-0.05, 0) is 12.8 Å². The number of amidine groups is 1. The van der Waals surface area contributed by atoms with Crippen LogP contribution in [-0.2, 0) is 4.74 Å². The van der Waals surface area contributed by atoms with Crippen molar-refractivity contribution in [3.05, 3.63) is 0 Å². The second kappa shape index (κ2) is 6.86. The van der Waals surface area contributed by atoms with Gasteiger partial charge >= 0.3 is 0 Å². The van der Waals surface area contributed by atoms with Gasteiger partial charge in [0.25, 0.3) is 0 Å². The quantitative estimate of drug-likeness (QED) is 0.602. The normalized spacial score (nSPS) is 16.8. The van der Waals surface area contributed by atoms with E-state index < -0.39 is 0 Å². The Labute approximate surface area is 79.0 Å². The van der Waals surface area contributed by atoms with Crippen LogP contribution in [0.5, 0.6) is 0 Å². The molecule has 1 heterocycles. The Bertz CT molecular complexity index is 160. The van der Waals surface area contributed by atoms with Gasteiger partial charge < -0.3 is 15.2 Å². The summed E-state index contributed by atoms with van der Waals surface area (Å²) in [6.45, 7) is 2.91. The van der Waals surface area contributed by atoms with E-state index in [9.17, 15) is 0 Å². The second-order valence-electron chi connectivity index (χ2n) is 3.05. The van der Waals surface area contributed by atoms with Crippen LogP contribution in [0.1, 0.15) is 19.3 Å². The number of nitrogens with zero attached hydrogens (tertiary/aromatic N) is 1. The fraction of sp³-hybridized carbons (Fsp3) is 0.889. The lowest BCUT2D eigenvalue weighted by molar-refractivity contribution is 0.0957. The van der Waals surface area contributed by atoms with Gasteiger partial charge in [-0.25, -0.2) is 0 Å². The summed E-state index contributed by atoms with van der Waals surface area (Å²) >= 11 is 0. The molecule has 0 fully saturated rings. The molecule has 0 aromatic rings. The number of ether oxygens (including phenoxy) is 1. The van der Waals surface area contributed by atoms with Crippen molar-refractivity contribution in [3.8, 4) is 0 Å². The Morgan fingerprint density at radius 3 is 3.00 bits per heavy atom. The van der Waals surface area contributed by atoms with Gasteiger partial charge in [-0.2, -0.15) is 0 Å². The lowest BCUT2D eigenvalue weighted by atomic mass is 10.2. The summed E-state index contributed by atoms with van der Waals surface area (Å²) in [5.41, 5.74) is 0. The van der Waals surface area contributed by atoms with E-state index in [1.54, 1.807) is 0 Å². The Balaban J connectivity index is 1.95. The molecule has 1 rings (SSSR count). The minimum atomic E-state index is 0.0982. The van der Waals surface area contributed by atoms with Crippen molar-refractivity contribution >= 4 is 5.84 Å². The highest BCUT2D eigenvalue weighted by Crippen LogP contribution is 2.03. The van der Waals surface area contributed by atoms with Crippen molar-refractivity contribution < 1.29 is 9.84 Å². The standard InChI is InChI=1S/C9H18N2O2/c12-6-8-13-7-5-11-9-3-1-2-4-10-9/h12H,1-8H2,(H,10,11). The highest BCUT2D eigenvalue weighted by atomic mass is 16.5. The summed E-state index contributed by atoms with van der Waals surface area (Å²) in [6.07, 6.45) is 3.52. The Hall–Kier alpha value is -0.610. The fourth-order valence-electron chi connectivity index (χ4n) is 1.28. The molecular formula is C9H18N2O2. The molecule has 4 nitrogen and oxygen atoms in total. The monoisotopic (exact) mass is 186 g/mol. The number of aliphatic imine (C=N–C) groups is 1. The molecule has 0 radical (unpaired) electrons. The zero-order valence-corrected chi connectivity index (χ0v) is 7.96. The largest absolute Gasteiger partial charge is 0.394 e. The van der Waals surface area contributed by atoms with Crippen LogP contribution in [0.15, 0.2) is 4.99 Å². The van der Waals surface area contributed by atoms with Crippen LogP contribution < -0.4 is 5.32 Å². The average molecular weight is 186 g/mol. The van der Waals surface area contributed by atoms with Crippen LogP contribution in [0.2, 0.25) is 0 Å². The molecule has 0 saturated carbocycles. The Morgan fingerprint density at radius 1 is 1.38 bits per heavy atom. The summed E-state index contributed by atoms with van der Waals surface area (Å²) in [5.74, 6) is 1.11. The molecule has 0 aliphatic carbocycles. The molecule has 0 atom stereocenters. The lowest BCUT2D eigenvalue weighted by Gasteiger charge is -2.13. The van der Waals surface area contributed by atoms with Crippen LogP contribution >= 0.6 is 0 Å². The number of nitrogens with one attached hydrogen (secondary N) is 1. The molecule has 0 saturated heterocycles. The molecule has 0 bridgehead atoms. The first-order chi connectivity index (χ1) is 6.43. The van der Waals surface area contributed by atoms with Gasteiger partial charge in [-0.1, -0.05) is 0 Å². The average Bonchev–Trinajstić information content (AvgIpc) is 2.19. The Morgan fingerprint density at radius 2 is 2.31 bits per heavy atom. The van der Waals surface area contributed by atoms with Crippen LogP contribution in [0.3, 0.4) is 0 Å². The SMILES string of the molecule is OCCOCCNC1=NCCCC1. The highest BCUT2D eigenvalue weighted by molar-refractivity contribution is 5.82. The van der Waals surface area contributed by atoms with Gasteiger partial charge in [0, 0.05) is 19.5 Å². The predicted molar refractivity (Wildman–Crippen MR) is 52.1 cm³/mol. The van der Waals surface area contributed by atoms with Crippen LogP contribution in [0.4, 0.5) is 0 Å². The van der Waals surface area contributed by atoms with E-state index in [4.69, 9.17) is 9.84 Å². The zero-order valence-electron chi connectivity index (χ0n) is 7.96. The van der Waals surface area contributed by atoms with Crippen molar-refractivity contribution in [2.24, 2.45) is 4.99 Å². The van der Waals surface area contributed by atoms with Gasteiger partial charge in [-0.3, -0.25) is 4.99 Å². The van der Waals surface area contributed by atoms with Crippen molar-refractivity contribution in [1.82, 2.24) is 5.32 Å². The van der Waals surface area contributed by atoms with Gasteiger partial charge in [-0.15, -0.1) is 0 Å². The molecule has 1 aliphatic heterocycles. The lowest BCUT2D eigenvalue weighted by Crippen LogP contribution is -2.29. The van der Waals surface area contributed by atoms with E-state index in [1.165, 1.54) is 12.8 Å². The third-order valence-electron chi connectivity index (χ3n) is 1.94. The highest BCUT2D eigenvalue weighted by Gasteiger charge is 2.02. The topological polar surface area (TPSA) is 53.9 Å². The number of aliphatic hydroxyl groups is 1. The first-order valence-electron chi connectivity index (χ1n) is 4.89. The Kier molecular flexibility index (Phi) is 5.52. The molecule has 0 unspecified atom stereocenters. The number of rotatable bonds is 5. The zero-order chi connectivity index (χ0) is 9.36. The predicted octanol–water partition coefficient (Wildman–Crippen LogP) is 0.167. The maximum atomic E-state index is 8.45. The van der Waals surface area contributed by atoms with E-state index in [0.29, 0.717) is 13.2 Å². The van der Waals surface area contributed by atoms with E-state index in [2.05, 4.69) is 10.3 Å². The second-order valence-corrected chi connectivity index (χ2v) is 3.05. The maximum Gasteiger partial charge on any atom is 0.0963 e. The van der Waals surface area contributed by atoms with E-state index in [1.807, 2.05) is 0 Å². The number of hydrogen-bond donors (Lipinski definition) is 2. The minimum Gasteiger partial charge on any atom is -0.394 e. The molecule has 0 aromatic heterocycles. The molecule has 13 heavy (non-hydrogen) atoms. The van der Waals surface area contributed by atoms with Gasteiger partial charge in [0.05, 0.1) is 25.7 Å². The van der Waals surface area contributed by atoms with Gasteiger partial charge in [0.2, 0.25) is 0 Å². The molecule has 2 N–H and O–H groups in total. The summed E-state index contributed by atoms with van der Waals surface area (Å²) in [6, 6.07) is 0. The van der Waals surface area contributed by atoms with E-state index >= 15 is 0 Å². The summed E-state index contributed by atoms with van der Waals surface area (Å²) < 4.78 is 5.11. The molecule has 1 aliphatic rings. The maximum absolute atomic E-state index is 8.45. The molecule has 0 spiro atoms. The van der Waals surface area contributed by atoms with Crippen LogP contribution in [-0.4, -0.2) is 43.9 Å². The van der Waals surface area contributed by atoms with E-state index in [-0.39, 0.29) is 6.61 Å². The third kappa shape index (κ3) is 4.85. The van der Waals surface area contributed by atoms with Crippen LogP contribution in [0, 0.1) is 0 Å². The van der Waals surface area contributed by atoms with Gasteiger partial charge in [0.15, 0.2) is 0 Å². The van der Waals surface area contributed by atoms with Crippen molar-refractivity contribution in [2.75, 3.05) is 32.9 Å². The first kappa shape index (κ1) is 10.5. The van der Waals surface area contributed by atoms with Gasteiger partial charge in [0.1, 0.15) is 0 Å². The summed E-state index contributed by atoms with van der Waals surface area (Å²) in [5, 5.41) is 11.7. The first-order valence-corrected chi connectivity index (χ1v) is 4.89. The van der Waals surface area contributed by atoms with Crippen LogP contribution in [0.25, 0.3) is 0 Å².